The number of carbonyl (C=O) groups is 2. The van der Waals surface area contributed by atoms with Crippen molar-refractivity contribution in [1.29, 1.82) is 0 Å². The predicted molar refractivity (Wildman–Crippen MR) is 143 cm³/mol. The number of hydrogen-bond acceptors (Lipinski definition) is 9. The van der Waals surface area contributed by atoms with E-state index in [9.17, 15) is 26.4 Å². The van der Waals surface area contributed by atoms with E-state index in [0.29, 0.717) is 29.4 Å². The summed E-state index contributed by atoms with van der Waals surface area (Å²) in [7, 11) is -3.47. The van der Waals surface area contributed by atoms with Crippen molar-refractivity contribution in [2.75, 3.05) is 34.8 Å². The maximum Gasteiger partial charge on any atom is 0.490 e. The molecule has 0 unspecified atom stereocenters. The second kappa shape index (κ2) is 14.2. The number of rotatable bonds is 10. The first-order chi connectivity index (χ1) is 18.7. The van der Waals surface area contributed by atoms with E-state index in [1.54, 1.807) is 48.5 Å². The Morgan fingerprint density at radius 2 is 1.73 bits per heavy atom. The summed E-state index contributed by atoms with van der Waals surface area (Å²) in [5.41, 5.74) is 1.45. The average Bonchev–Trinajstić information content (AvgIpc) is 2.85. The molecule has 0 saturated heterocycles. The molecular weight excluding hydrogens is 581 g/mol. The van der Waals surface area contributed by atoms with Crippen LogP contribution in [0.3, 0.4) is 0 Å². The van der Waals surface area contributed by atoms with Crippen LogP contribution in [0.25, 0.3) is 0 Å². The fourth-order valence-corrected chi connectivity index (χ4v) is 3.43. The standard InChI is InChI=1S/C21H23ClN6O4S.C2HF3O2/c1-3-23-19(29)13-32-15-8-6-7-14(11-15)25-21-24-12-16(22)20(27-21)26-17-9-4-5-10-18(17)28-33(2,30)31;3-2(4,5)1(6)7/h4-12,28H,3,13H2,1-2H3,(H,23,29)(H2,24,25,26,27);(H,6,7). The number of ether oxygens (including phenoxy) is 1. The average molecular weight is 605 g/mol. The number of alkyl halides is 3. The zero-order chi connectivity index (χ0) is 29.9. The lowest BCUT2D eigenvalue weighted by Gasteiger charge is -2.14. The molecule has 12 nitrogen and oxygen atoms in total. The molecule has 0 aliphatic heterocycles. The first-order valence-electron chi connectivity index (χ1n) is 11.1. The second-order valence-corrected chi connectivity index (χ2v) is 9.79. The predicted octanol–water partition coefficient (Wildman–Crippen LogP) is 4.14. The van der Waals surface area contributed by atoms with Crippen molar-refractivity contribution < 1.29 is 41.0 Å². The smallest absolute Gasteiger partial charge is 0.484 e. The number of carboxylic acid groups (broad SMARTS) is 1. The van der Waals surface area contributed by atoms with Gasteiger partial charge in [0.05, 0.1) is 23.8 Å². The molecule has 0 atom stereocenters. The van der Waals surface area contributed by atoms with Gasteiger partial charge in [-0.15, -0.1) is 0 Å². The summed E-state index contributed by atoms with van der Waals surface area (Å²) in [6.45, 7) is 2.27. The number of likely N-dealkylation sites (N-methyl/N-ethyl adjacent to an activating group) is 1. The van der Waals surface area contributed by atoms with Crippen LogP contribution in [-0.2, 0) is 19.6 Å². The Bertz CT molecular complexity index is 1440. The molecule has 5 N–H and O–H groups in total. The lowest BCUT2D eigenvalue weighted by atomic mass is 10.2. The normalized spacial score (nSPS) is 10.9. The molecular formula is C23H24ClF3N6O6S. The van der Waals surface area contributed by atoms with E-state index in [1.165, 1.54) is 6.20 Å². The number of hydrogen-bond donors (Lipinski definition) is 5. The van der Waals surface area contributed by atoms with E-state index in [2.05, 4.69) is 30.6 Å². The second-order valence-electron chi connectivity index (χ2n) is 7.63. The van der Waals surface area contributed by atoms with Crippen LogP contribution in [0.4, 0.5) is 42.0 Å². The summed E-state index contributed by atoms with van der Waals surface area (Å²) in [6, 6.07) is 13.7. The summed E-state index contributed by atoms with van der Waals surface area (Å²) in [6.07, 6.45) is -2.60. The Morgan fingerprint density at radius 3 is 2.33 bits per heavy atom. The van der Waals surface area contributed by atoms with E-state index in [0.717, 1.165) is 6.26 Å². The summed E-state index contributed by atoms with van der Waals surface area (Å²) in [5.74, 6) is -1.94. The van der Waals surface area contributed by atoms with E-state index < -0.39 is 22.2 Å². The fraction of sp³-hybridized carbons (Fsp3) is 0.217. The molecule has 0 spiro atoms. The van der Waals surface area contributed by atoms with Gasteiger partial charge < -0.3 is 25.8 Å². The topological polar surface area (TPSA) is 172 Å². The lowest BCUT2D eigenvalue weighted by Crippen LogP contribution is -2.28. The van der Waals surface area contributed by atoms with Crippen LogP contribution in [0.2, 0.25) is 5.02 Å². The van der Waals surface area contributed by atoms with E-state index in [4.69, 9.17) is 26.2 Å². The zero-order valence-corrected chi connectivity index (χ0v) is 22.5. The number of carbonyl (C=O) groups excluding carboxylic acids is 1. The molecule has 1 heterocycles. The van der Waals surface area contributed by atoms with E-state index in [-0.39, 0.29) is 29.3 Å². The summed E-state index contributed by atoms with van der Waals surface area (Å²) < 4.78 is 63.0. The molecule has 1 amide bonds. The number of sulfonamides is 1. The number of aromatic nitrogens is 2. The van der Waals surface area contributed by atoms with Crippen molar-refractivity contribution in [2.45, 2.75) is 13.1 Å². The Morgan fingerprint density at radius 1 is 1.07 bits per heavy atom. The van der Waals surface area contributed by atoms with Crippen LogP contribution < -0.4 is 25.4 Å². The van der Waals surface area contributed by atoms with Crippen LogP contribution in [0.5, 0.6) is 5.75 Å². The molecule has 40 heavy (non-hydrogen) atoms. The minimum atomic E-state index is -5.08. The fourth-order valence-electron chi connectivity index (χ4n) is 2.71. The summed E-state index contributed by atoms with van der Waals surface area (Å²) in [4.78, 5) is 29.0. The maximum absolute atomic E-state index is 11.6. The molecule has 216 valence electrons. The van der Waals surface area contributed by atoms with Gasteiger partial charge in [0.1, 0.15) is 10.8 Å². The molecule has 0 aliphatic rings. The Labute approximate surface area is 232 Å². The van der Waals surface area contributed by atoms with Crippen molar-refractivity contribution in [2.24, 2.45) is 0 Å². The largest absolute Gasteiger partial charge is 0.490 e. The lowest BCUT2D eigenvalue weighted by molar-refractivity contribution is -0.192. The van der Waals surface area contributed by atoms with Crippen LogP contribution in [-0.4, -0.2) is 61.0 Å². The maximum atomic E-state index is 11.6. The number of nitrogens with one attached hydrogen (secondary N) is 4. The third-order valence-electron chi connectivity index (χ3n) is 4.30. The number of halogens is 4. The minimum absolute atomic E-state index is 0.0935. The molecule has 0 fully saturated rings. The van der Waals surface area contributed by atoms with Gasteiger partial charge in [-0.3, -0.25) is 9.52 Å². The number of anilines is 5. The van der Waals surface area contributed by atoms with Gasteiger partial charge in [0, 0.05) is 18.3 Å². The quantitative estimate of drug-likeness (QED) is 0.226. The van der Waals surface area contributed by atoms with Crippen molar-refractivity contribution in [3.8, 4) is 5.75 Å². The third kappa shape index (κ3) is 11.2. The van der Waals surface area contributed by atoms with Crippen LogP contribution in [0.15, 0.2) is 54.7 Å². The number of amides is 1. The van der Waals surface area contributed by atoms with Gasteiger partial charge in [0.2, 0.25) is 16.0 Å². The molecule has 3 rings (SSSR count). The highest BCUT2D eigenvalue weighted by Crippen LogP contribution is 2.30. The monoisotopic (exact) mass is 604 g/mol. The highest BCUT2D eigenvalue weighted by Gasteiger charge is 2.38. The van der Waals surface area contributed by atoms with Gasteiger partial charge >= 0.3 is 12.1 Å². The van der Waals surface area contributed by atoms with Crippen molar-refractivity contribution >= 4 is 62.3 Å². The summed E-state index contributed by atoms with van der Waals surface area (Å²) in [5, 5.41) is 16.1. The third-order valence-corrected chi connectivity index (χ3v) is 5.16. The Balaban J connectivity index is 0.000000708. The minimum Gasteiger partial charge on any atom is -0.484 e. The Kier molecular flexibility index (Phi) is 11.3. The molecule has 0 aliphatic carbocycles. The number of aliphatic carboxylic acids is 1. The van der Waals surface area contributed by atoms with Gasteiger partial charge in [-0.1, -0.05) is 29.8 Å². The molecule has 0 saturated carbocycles. The first kappa shape index (κ1) is 31.9. The zero-order valence-electron chi connectivity index (χ0n) is 20.9. The first-order valence-corrected chi connectivity index (χ1v) is 13.4. The van der Waals surface area contributed by atoms with E-state index in [1.807, 2.05) is 6.92 Å². The van der Waals surface area contributed by atoms with Gasteiger partial charge in [-0.2, -0.15) is 18.2 Å². The number of carboxylic acids is 1. The molecule has 1 aromatic heterocycles. The van der Waals surface area contributed by atoms with Gasteiger partial charge in [0.15, 0.2) is 12.4 Å². The van der Waals surface area contributed by atoms with Crippen LogP contribution >= 0.6 is 11.6 Å². The highest BCUT2D eigenvalue weighted by atomic mass is 35.5. The van der Waals surface area contributed by atoms with Crippen LogP contribution in [0.1, 0.15) is 6.92 Å². The molecule has 0 radical (unpaired) electrons. The summed E-state index contributed by atoms with van der Waals surface area (Å²) >= 11 is 6.24. The number of benzene rings is 2. The van der Waals surface area contributed by atoms with Crippen molar-refractivity contribution in [1.82, 2.24) is 15.3 Å². The number of nitrogens with zero attached hydrogens (tertiary/aromatic N) is 2. The van der Waals surface area contributed by atoms with Gasteiger partial charge in [-0.25, -0.2) is 18.2 Å². The molecule has 17 heteroatoms. The highest BCUT2D eigenvalue weighted by molar-refractivity contribution is 7.92. The molecule has 2 aromatic carbocycles. The number of para-hydroxylation sites is 2. The van der Waals surface area contributed by atoms with E-state index >= 15 is 0 Å². The molecule has 3 aromatic rings. The van der Waals surface area contributed by atoms with Crippen LogP contribution in [0, 0.1) is 0 Å². The van der Waals surface area contributed by atoms with Gasteiger partial charge in [0.25, 0.3) is 5.91 Å². The Hall–Kier alpha value is -4.31. The molecule has 0 bridgehead atoms. The van der Waals surface area contributed by atoms with Crippen molar-refractivity contribution in [3.63, 3.8) is 0 Å². The van der Waals surface area contributed by atoms with Gasteiger partial charge in [-0.05, 0) is 31.2 Å². The van der Waals surface area contributed by atoms with Crippen molar-refractivity contribution in [3.05, 3.63) is 59.8 Å². The SMILES string of the molecule is CCNC(=O)COc1cccc(Nc2ncc(Cl)c(Nc3ccccc3NS(C)(=O)=O)n2)c1.O=C(O)C(F)(F)F.